The molecule has 0 radical (unpaired) electrons. The molecule has 4 nitrogen and oxygen atoms in total. The number of aliphatic carboxylic acids is 1. The van der Waals surface area contributed by atoms with Crippen molar-refractivity contribution in [2.75, 3.05) is 18.8 Å². The molecule has 1 amide bonds. The summed E-state index contributed by atoms with van der Waals surface area (Å²) in [5, 5.41) is 8.69. The summed E-state index contributed by atoms with van der Waals surface area (Å²) in [4.78, 5) is 24.5. The molecule has 1 rings (SSSR count). The monoisotopic (exact) mass is 273 g/mol. The SMILES string of the molecule is CC(CC(=O)O)CC(=O)N1CCSC(C)(C)CC1. The molecule has 5 heteroatoms. The molecule has 1 fully saturated rings. The average Bonchev–Trinajstić information content (AvgIpc) is 2.37. The van der Waals surface area contributed by atoms with Crippen molar-refractivity contribution in [1.82, 2.24) is 4.90 Å². The van der Waals surface area contributed by atoms with Gasteiger partial charge in [-0.3, -0.25) is 9.59 Å². The fraction of sp³-hybridized carbons (Fsp3) is 0.846. The Morgan fingerprint density at radius 1 is 1.33 bits per heavy atom. The number of nitrogens with zero attached hydrogens (tertiary/aromatic N) is 1. The zero-order chi connectivity index (χ0) is 13.8. The third-order valence-electron chi connectivity index (χ3n) is 3.24. The van der Waals surface area contributed by atoms with Crippen molar-refractivity contribution in [3.05, 3.63) is 0 Å². The summed E-state index contributed by atoms with van der Waals surface area (Å²) in [6.07, 6.45) is 1.41. The van der Waals surface area contributed by atoms with E-state index in [2.05, 4.69) is 13.8 Å². The minimum Gasteiger partial charge on any atom is -0.481 e. The molecule has 0 aromatic rings. The molecule has 1 N–H and O–H groups in total. The fourth-order valence-electron chi connectivity index (χ4n) is 2.07. The molecule has 0 saturated carbocycles. The Morgan fingerprint density at radius 2 is 2.00 bits per heavy atom. The molecule has 0 aliphatic carbocycles. The summed E-state index contributed by atoms with van der Waals surface area (Å²) in [5.41, 5.74) is 0. The van der Waals surface area contributed by atoms with Crippen LogP contribution in [0.2, 0.25) is 0 Å². The molecule has 0 bridgehead atoms. The number of amides is 1. The molecule has 104 valence electrons. The Bertz CT molecular complexity index is 317. The number of carbonyl (C=O) groups is 2. The standard InChI is InChI=1S/C13H23NO3S/c1-10(9-12(16)17)8-11(15)14-5-4-13(2,3)18-7-6-14/h10H,4-9H2,1-3H3,(H,16,17). The van der Waals surface area contributed by atoms with Crippen LogP contribution < -0.4 is 0 Å². The van der Waals surface area contributed by atoms with Crippen LogP contribution in [0.1, 0.15) is 40.0 Å². The summed E-state index contributed by atoms with van der Waals surface area (Å²) in [7, 11) is 0. The van der Waals surface area contributed by atoms with Crippen LogP contribution >= 0.6 is 11.8 Å². The molecule has 1 atom stereocenters. The van der Waals surface area contributed by atoms with Gasteiger partial charge < -0.3 is 10.0 Å². The predicted octanol–water partition coefficient (Wildman–Crippen LogP) is 2.23. The molecular weight excluding hydrogens is 250 g/mol. The first-order valence-electron chi connectivity index (χ1n) is 6.44. The average molecular weight is 273 g/mol. The van der Waals surface area contributed by atoms with Crippen LogP contribution in [0.5, 0.6) is 0 Å². The number of thioether (sulfide) groups is 1. The Labute approximate surface area is 113 Å². The van der Waals surface area contributed by atoms with E-state index in [1.807, 2.05) is 23.6 Å². The summed E-state index contributed by atoms with van der Waals surface area (Å²) in [6, 6.07) is 0. The molecule has 1 aliphatic rings. The van der Waals surface area contributed by atoms with Gasteiger partial charge in [-0.25, -0.2) is 0 Å². The van der Waals surface area contributed by atoms with Gasteiger partial charge in [0.1, 0.15) is 0 Å². The van der Waals surface area contributed by atoms with Crippen LogP contribution in [-0.4, -0.2) is 45.5 Å². The van der Waals surface area contributed by atoms with Crippen molar-refractivity contribution in [1.29, 1.82) is 0 Å². The van der Waals surface area contributed by atoms with Gasteiger partial charge in [0.15, 0.2) is 0 Å². The molecule has 1 aliphatic heterocycles. The van der Waals surface area contributed by atoms with E-state index in [-0.39, 0.29) is 23.0 Å². The van der Waals surface area contributed by atoms with Gasteiger partial charge in [-0.05, 0) is 12.3 Å². The van der Waals surface area contributed by atoms with E-state index in [0.29, 0.717) is 6.42 Å². The molecule has 1 heterocycles. The zero-order valence-electron chi connectivity index (χ0n) is 11.4. The molecule has 1 saturated heterocycles. The third-order valence-corrected chi connectivity index (χ3v) is 4.61. The van der Waals surface area contributed by atoms with Crippen LogP contribution in [0.3, 0.4) is 0 Å². The lowest BCUT2D eigenvalue weighted by Crippen LogP contribution is -2.34. The lowest BCUT2D eigenvalue weighted by atomic mass is 10.0. The van der Waals surface area contributed by atoms with Gasteiger partial charge in [0.2, 0.25) is 5.91 Å². The first-order valence-corrected chi connectivity index (χ1v) is 7.42. The lowest BCUT2D eigenvalue weighted by molar-refractivity contribution is -0.138. The van der Waals surface area contributed by atoms with Gasteiger partial charge in [-0.1, -0.05) is 20.8 Å². The maximum atomic E-state index is 12.1. The maximum Gasteiger partial charge on any atom is 0.303 e. The molecule has 0 spiro atoms. The second-order valence-electron chi connectivity index (χ2n) is 5.65. The van der Waals surface area contributed by atoms with Crippen molar-refractivity contribution in [2.45, 2.75) is 44.8 Å². The second-order valence-corrected chi connectivity index (χ2v) is 7.45. The summed E-state index contributed by atoms with van der Waals surface area (Å²) in [6.45, 7) is 7.81. The Kier molecular flexibility index (Phi) is 5.50. The Morgan fingerprint density at radius 3 is 2.61 bits per heavy atom. The Hall–Kier alpha value is -0.710. The maximum absolute atomic E-state index is 12.1. The van der Waals surface area contributed by atoms with Crippen molar-refractivity contribution in [3.63, 3.8) is 0 Å². The van der Waals surface area contributed by atoms with Crippen molar-refractivity contribution >= 4 is 23.6 Å². The number of carbonyl (C=O) groups excluding carboxylic acids is 1. The first-order chi connectivity index (χ1) is 8.30. The normalized spacial score (nSPS) is 21.2. The smallest absolute Gasteiger partial charge is 0.303 e. The minimum absolute atomic E-state index is 0.0693. The van der Waals surface area contributed by atoms with E-state index in [9.17, 15) is 9.59 Å². The quantitative estimate of drug-likeness (QED) is 0.853. The van der Waals surface area contributed by atoms with E-state index >= 15 is 0 Å². The molecular formula is C13H23NO3S. The van der Waals surface area contributed by atoms with E-state index in [4.69, 9.17) is 5.11 Å². The minimum atomic E-state index is -0.831. The predicted molar refractivity (Wildman–Crippen MR) is 73.8 cm³/mol. The number of rotatable bonds is 4. The number of hydrogen-bond donors (Lipinski definition) is 1. The van der Waals surface area contributed by atoms with Crippen LogP contribution in [0, 0.1) is 5.92 Å². The topological polar surface area (TPSA) is 57.6 Å². The first kappa shape index (κ1) is 15.3. The highest BCUT2D eigenvalue weighted by atomic mass is 32.2. The zero-order valence-corrected chi connectivity index (χ0v) is 12.3. The van der Waals surface area contributed by atoms with Gasteiger partial charge in [0.25, 0.3) is 0 Å². The third kappa shape index (κ3) is 5.29. The summed E-state index contributed by atoms with van der Waals surface area (Å²) < 4.78 is 0.238. The van der Waals surface area contributed by atoms with Crippen molar-refractivity contribution in [2.24, 2.45) is 5.92 Å². The van der Waals surface area contributed by atoms with Crippen LogP contribution in [0.25, 0.3) is 0 Å². The Balaban J connectivity index is 2.44. The molecule has 0 aromatic carbocycles. The van der Waals surface area contributed by atoms with Gasteiger partial charge in [-0.2, -0.15) is 11.8 Å². The van der Waals surface area contributed by atoms with Crippen LogP contribution in [0.4, 0.5) is 0 Å². The largest absolute Gasteiger partial charge is 0.481 e. The van der Waals surface area contributed by atoms with Crippen molar-refractivity contribution in [3.8, 4) is 0 Å². The van der Waals surface area contributed by atoms with Crippen molar-refractivity contribution < 1.29 is 14.7 Å². The van der Waals surface area contributed by atoms with E-state index in [1.54, 1.807) is 0 Å². The molecule has 18 heavy (non-hydrogen) atoms. The van der Waals surface area contributed by atoms with E-state index in [1.165, 1.54) is 0 Å². The van der Waals surface area contributed by atoms with E-state index < -0.39 is 5.97 Å². The van der Waals surface area contributed by atoms with Crippen LogP contribution in [0.15, 0.2) is 0 Å². The molecule has 1 unspecified atom stereocenters. The second kappa shape index (κ2) is 6.45. The highest BCUT2D eigenvalue weighted by Crippen LogP contribution is 2.30. The number of carboxylic acids is 1. The summed E-state index contributed by atoms with van der Waals surface area (Å²) >= 11 is 1.90. The lowest BCUT2D eigenvalue weighted by Gasteiger charge is -2.23. The number of hydrogen-bond acceptors (Lipinski definition) is 3. The van der Waals surface area contributed by atoms with Crippen LogP contribution in [-0.2, 0) is 9.59 Å². The van der Waals surface area contributed by atoms with E-state index in [0.717, 1.165) is 25.3 Å². The van der Waals surface area contributed by atoms with Gasteiger partial charge in [0.05, 0.1) is 0 Å². The van der Waals surface area contributed by atoms with Gasteiger partial charge >= 0.3 is 5.97 Å². The number of carboxylic acid groups (broad SMARTS) is 1. The highest BCUT2D eigenvalue weighted by molar-refractivity contribution is 8.00. The van der Waals surface area contributed by atoms with Gasteiger partial charge in [-0.15, -0.1) is 0 Å². The molecule has 0 aromatic heterocycles. The van der Waals surface area contributed by atoms with Gasteiger partial charge in [0, 0.05) is 36.4 Å². The fourth-order valence-corrected chi connectivity index (χ4v) is 3.17. The summed E-state index contributed by atoms with van der Waals surface area (Å²) in [5.74, 6) is 0.148. The highest BCUT2D eigenvalue weighted by Gasteiger charge is 2.26.